The summed E-state index contributed by atoms with van der Waals surface area (Å²) < 4.78 is 0. The van der Waals surface area contributed by atoms with Crippen molar-refractivity contribution in [2.24, 2.45) is 5.41 Å². The SMILES string of the molecule is CC(C)(CC(=O)O)NC(=O)C1NCCCC1(C)C. The molecule has 5 heteroatoms. The second kappa shape index (κ2) is 5.26. The van der Waals surface area contributed by atoms with Gasteiger partial charge in [-0.15, -0.1) is 0 Å². The Hall–Kier alpha value is -1.10. The lowest BCUT2D eigenvalue weighted by Crippen LogP contribution is -2.59. The van der Waals surface area contributed by atoms with E-state index >= 15 is 0 Å². The van der Waals surface area contributed by atoms with Crippen LogP contribution >= 0.6 is 0 Å². The van der Waals surface area contributed by atoms with Gasteiger partial charge in [-0.25, -0.2) is 0 Å². The molecule has 1 amide bonds. The van der Waals surface area contributed by atoms with Gasteiger partial charge < -0.3 is 15.7 Å². The number of carboxylic acid groups (broad SMARTS) is 1. The summed E-state index contributed by atoms with van der Waals surface area (Å²) in [6, 6.07) is -0.251. The Morgan fingerprint density at radius 1 is 1.44 bits per heavy atom. The lowest BCUT2D eigenvalue weighted by Gasteiger charge is -2.40. The zero-order chi connectivity index (χ0) is 14.0. The van der Waals surface area contributed by atoms with Crippen molar-refractivity contribution in [1.29, 1.82) is 0 Å². The van der Waals surface area contributed by atoms with Crippen molar-refractivity contribution in [3.63, 3.8) is 0 Å². The first-order valence-corrected chi connectivity index (χ1v) is 6.41. The van der Waals surface area contributed by atoms with Crippen LogP contribution in [0.25, 0.3) is 0 Å². The van der Waals surface area contributed by atoms with E-state index in [1.807, 2.05) is 0 Å². The Morgan fingerprint density at radius 2 is 2.06 bits per heavy atom. The van der Waals surface area contributed by atoms with E-state index in [9.17, 15) is 9.59 Å². The fourth-order valence-corrected chi connectivity index (χ4v) is 2.49. The number of hydrogen-bond donors (Lipinski definition) is 3. The van der Waals surface area contributed by atoms with Crippen LogP contribution in [0.15, 0.2) is 0 Å². The van der Waals surface area contributed by atoms with Gasteiger partial charge in [-0.1, -0.05) is 13.8 Å². The number of carboxylic acids is 1. The molecule has 0 aromatic carbocycles. The summed E-state index contributed by atoms with van der Waals surface area (Å²) in [5, 5.41) is 14.9. The molecule has 18 heavy (non-hydrogen) atoms. The summed E-state index contributed by atoms with van der Waals surface area (Å²) >= 11 is 0. The van der Waals surface area contributed by atoms with Gasteiger partial charge in [-0.3, -0.25) is 9.59 Å². The summed E-state index contributed by atoms with van der Waals surface area (Å²) in [6.45, 7) is 8.42. The van der Waals surface area contributed by atoms with Crippen LogP contribution in [-0.4, -0.2) is 35.1 Å². The van der Waals surface area contributed by atoms with Gasteiger partial charge >= 0.3 is 5.97 Å². The highest BCUT2D eigenvalue weighted by Crippen LogP contribution is 2.30. The molecule has 1 fully saturated rings. The van der Waals surface area contributed by atoms with Crippen molar-refractivity contribution in [2.75, 3.05) is 6.54 Å². The molecule has 1 saturated heterocycles. The van der Waals surface area contributed by atoms with Gasteiger partial charge in [0.25, 0.3) is 0 Å². The smallest absolute Gasteiger partial charge is 0.305 e. The minimum atomic E-state index is -0.906. The molecule has 1 aliphatic heterocycles. The number of piperidine rings is 1. The lowest BCUT2D eigenvalue weighted by atomic mass is 9.77. The summed E-state index contributed by atoms with van der Waals surface area (Å²) in [7, 11) is 0. The van der Waals surface area contributed by atoms with Gasteiger partial charge in [0.2, 0.25) is 5.91 Å². The van der Waals surface area contributed by atoms with Crippen LogP contribution in [0, 0.1) is 5.41 Å². The maximum absolute atomic E-state index is 12.2. The summed E-state index contributed by atoms with van der Waals surface area (Å²) in [4.78, 5) is 23.0. The molecule has 3 N–H and O–H groups in total. The number of hydrogen-bond acceptors (Lipinski definition) is 3. The number of aliphatic carboxylic acids is 1. The van der Waals surface area contributed by atoms with Crippen molar-refractivity contribution >= 4 is 11.9 Å². The third-order valence-corrected chi connectivity index (χ3v) is 3.44. The minimum Gasteiger partial charge on any atom is -0.481 e. The number of nitrogens with one attached hydrogen (secondary N) is 2. The monoisotopic (exact) mass is 256 g/mol. The largest absolute Gasteiger partial charge is 0.481 e. The van der Waals surface area contributed by atoms with Gasteiger partial charge in [-0.05, 0) is 38.6 Å². The van der Waals surface area contributed by atoms with E-state index in [1.54, 1.807) is 13.8 Å². The Labute approximate surface area is 108 Å². The Kier molecular flexibility index (Phi) is 4.37. The average Bonchev–Trinajstić information content (AvgIpc) is 2.12. The van der Waals surface area contributed by atoms with E-state index in [0.29, 0.717) is 0 Å². The second-order valence-electron chi connectivity index (χ2n) is 6.42. The van der Waals surface area contributed by atoms with Gasteiger partial charge in [0.05, 0.1) is 12.5 Å². The first kappa shape index (κ1) is 15.0. The van der Waals surface area contributed by atoms with Crippen molar-refractivity contribution in [3.8, 4) is 0 Å². The highest BCUT2D eigenvalue weighted by molar-refractivity contribution is 5.84. The standard InChI is InChI=1S/C13H24N2O3/c1-12(2)6-5-7-14-10(12)11(18)15-13(3,4)8-9(16)17/h10,14H,5-8H2,1-4H3,(H,15,18)(H,16,17). The summed E-state index contributed by atoms with van der Waals surface area (Å²) in [5.41, 5.74) is -0.820. The van der Waals surface area contributed by atoms with Crippen LogP contribution in [0.2, 0.25) is 0 Å². The fraction of sp³-hybridized carbons (Fsp3) is 0.846. The fourth-order valence-electron chi connectivity index (χ4n) is 2.49. The van der Waals surface area contributed by atoms with Crippen LogP contribution in [0.5, 0.6) is 0 Å². The molecule has 1 rings (SSSR count). The number of rotatable bonds is 4. The molecular weight excluding hydrogens is 232 g/mol. The predicted octanol–water partition coefficient (Wildman–Crippen LogP) is 1.13. The van der Waals surface area contributed by atoms with Crippen LogP contribution in [0.1, 0.15) is 47.0 Å². The highest BCUT2D eigenvalue weighted by Gasteiger charge is 2.38. The molecule has 104 valence electrons. The molecule has 0 aromatic rings. The van der Waals surface area contributed by atoms with E-state index in [2.05, 4.69) is 24.5 Å². The lowest BCUT2D eigenvalue weighted by molar-refractivity contribution is -0.139. The first-order valence-electron chi connectivity index (χ1n) is 6.41. The van der Waals surface area contributed by atoms with Crippen LogP contribution < -0.4 is 10.6 Å². The Morgan fingerprint density at radius 3 is 2.56 bits per heavy atom. The molecule has 0 aliphatic carbocycles. The average molecular weight is 256 g/mol. The molecular formula is C13H24N2O3. The maximum Gasteiger partial charge on any atom is 0.305 e. The summed E-state index contributed by atoms with van der Waals surface area (Å²) in [6.07, 6.45) is 1.98. The topological polar surface area (TPSA) is 78.4 Å². The van der Waals surface area contributed by atoms with E-state index in [0.717, 1.165) is 19.4 Å². The van der Waals surface area contributed by atoms with Gasteiger partial charge in [0, 0.05) is 5.54 Å². The zero-order valence-electron chi connectivity index (χ0n) is 11.7. The summed E-state index contributed by atoms with van der Waals surface area (Å²) in [5.74, 6) is -1.01. The normalized spacial score (nSPS) is 23.4. The molecule has 1 heterocycles. The van der Waals surface area contributed by atoms with Gasteiger partial charge in [-0.2, -0.15) is 0 Å². The van der Waals surface area contributed by atoms with E-state index in [4.69, 9.17) is 5.11 Å². The molecule has 0 spiro atoms. The van der Waals surface area contributed by atoms with E-state index < -0.39 is 11.5 Å². The van der Waals surface area contributed by atoms with Gasteiger partial charge in [0.15, 0.2) is 0 Å². The van der Waals surface area contributed by atoms with Crippen molar-refractivity contribution < 1.29 is 14.7 Å². The number of amides is 1. The molecule has 0 aromatic heterocycles. The second-order valence-corrected chi connectivity index (χ2v) is 6.42. The maximum atomic E-state index is 12.2. The van der Waals surface area contributed by atoms with E-state index in [1.165, 1.54) is 0 Å². The zero-order valence-corrected chi connectivity index (χ0v) is 11.7. The van der Waals surface area contributed by atoms with Gasteiger partial charge in [0.1, 0.15) is 0 Å². The quantitative estimate of drug-likeness (QED) is 0.704. The number of carbonyl (C=O) groups is 2. The molecule has 1 unspecified atom stereocenters. The molecule has 1 aliphatic rings. The van der Waals surface area contributed by atoms with Crippen molar-refractivity contribution in [3.05, 3.63) is 0 Å². The third kappa shape index (κ3) is 3.98. The van der Waals surface area contributed by atoms with E-state index in [-0.39, 0.29) is 23.8 Å². The molecule has 1 atom stereocenters. The van der Waals surface area contributed by atoms with Crippen molar-refractivity contribution in [2.45, 2.75) is 58.5 Å². The molecule has 5 nitrogen and oxygen atoms in total. The van der Waals surface area contributed by atoms with Crippen LogP contribution in [0.4, 0.5) is 0 Å². The minimum absolute atomic E-state index is 0.0775. The third-order valence-electron chi connectivity index (χ3n) is 3.44. The van der Waals surface area contributed by atoms with Crippen LogP contribution in [0.3, 0.4) is 0 Å². The first-order chi connectivity index (χ1) is 8.14. The molecule has 0 radical (unpaired) electrons. The Bertz CT molecular complexity index is 337. The highest BCUT2D eigenvalue weighted by atomic mass is 16.4. The Balaban J connectivity index is 2.67. The number of carbonyl (C=O) groups excluding carboxylic acids is 1. The molecule has 0 saturated carbocycles. The molecule has 0 bridgehead atoms. The predicted molar refractivity (Wildman–Crippen MR) is 69.3 cm³/mol. The van der Waals surface area contributed by atoms with Crippen LogP contribution in [-0.2, 0) is 9.59 Å². The van der Waals surface area contributed by atoms with Crippen molar-refractivity contribution in [1.82, 2.24) is 10.6 Å².